The lowest BCUT2D eigenvalue weighted by atomic mass is 9.53. The fourth-order valence-corrected chi connectivity index (χ4v) is 8.67. The smallest absolute Gasteiger partial charge is 0.0347 e. The summed E-state index contributed by atoms with van der Waals surface area (Å²) in [7, 11) is 0. The second kappa shape index (κ2) is 10.1. The van der Waals surface area contributed by atoms with Crippen molar-refractivity contribution >= 4 is 0 Å². The van der Waals surface area contributed by atoms with E-state index >= 15 is 0 Å². The Hall–Kier alpha value is 0. The molecule has 0 heteroatoms. The van der Waals surface area contributed by atoms with Gasteiger partial charge in [-0.25, -0.2) is 0 Å². The van der Waals surface area contributed by atoms with Crippen LogP contribution in [0.1, 0.15) is 136 Å². The summed E-state index contributed by atoms with van der Waals surface area (Å²) in [6.07, 6.45) is 27.9. The van der Waals surface area contributed by atoms with Gasteiger partial charge in [-0.15, -0.1) is 0 Å². The van der Waals surface area contributed by atoms with Crippen molar-refractivity contribution in [1.82, 2.24) is 0 Å². The van der Waals surface area contributed by atoms with E-state index in [1.165, 1.54) is 64.2 Å². The first-order chi connectivity index (χ1) is 14.0. The van der Waals surface area contributed by atoms with E-state index in [0.29, 0.717) is 5.41 Å². The Bertz CT molecular complexity index is 439. The van der Waals surface area contributed by atoms with Crippen LogP contribution in [0, 0.1) is 46.8 Å². The minimum atomic E-state index is 0.502. The second-order valence-corrected chi connectivity index (χ2v) is 13.2. The lowest BCUT2D eigenvalue weighted by molar-refractivity contribution is -0.0286. The molecule has 0 heterocycles. The Balaban J connectivity index is 1.59. The lowest BCUT2D eigenvalue weighted by Crippen LogP contribution is -2.44. The first-order valence-corrected chi connectivity index (χ1v) is 14.0. The zero-order chi connectivity index (χ0) is 20.3. The average Bonchev–Trinajstić information content (AvgIpc) is 2.74. The summed E-state index contributed by atoms with van der Waals surface area (Å²) >= 11 is 0. The molecule has 0 spiro atoms. The predicted octanol–water partition coefficient (Wildman–Crippen LogP) is 9.42. The maximum absolute atomic E-state index is 2.54. The molecule has 4 aliphatic carbocycles. The van der Waals surface area contributed by atoms with Crippen LogP contribution in [0.3, 0.4) is 0 Å². The Labute approximate surface area is 183 Å². The highest BCUT2D eigenvalue weighted by atomic mass is 14.5. The molecule has 0 radical (unpaired) electrons. The molecule has 0 aliphatic heterocycles. The van der Waals surface area contributed by atoms with Crippen molar-refractivity contribution in [2.24, 2.45) is 46.8 Å². The summed E-state index contributed by atoms with van der Waals surface area (Å²) < 4.78 is 0. The summed E-state index contributed by atoms with van der Waals surface area (Å²) in [6, 6.07) is 0. The van der Waals surface area contributed by atoms with Gasteiger partial charge in [0.25, 0.3) is 0 Å². The predicted molar refractivity (Wildman–Crippen MR) is 127 cm³/mol. The molecule has 4 fully saturated rings. The van der Waals surface area contributed by atoms with Crippen molar-refractivity contribution in [2.45, 2.75) is 136 Å². The van der Waals surface area contributed by atoms with E-state index in [1.807, 2.05) is 0 Å². The van der Waals surface area contributed by atoms with Crippen LogP contribution in [0.4, 0.5) is 0 Å². The van der Waals surface area contributed by atoms with Crippen LogP contribution in [0.25, 0.3) is 0 Å². The normalized spacial score (nSPS) is 36.9. The molecule has 0 aromatic rings. The van der Waals surface area contributed by atoms with Gasteiger partial charge in [0.2, 0.25) is 0 Å². The van der Waals surface area contributed by atoms with Crippen LogP contribution < -0.4 is 0 Å². The fourth-order valence-electron chi connectivity index (χ4n) is 8.67. The van der Waals surface area contributed by atoms with E-state index in [2.05, 4.69) is 20.8 Å². The van der Waals surface area contributed by atoms with Gasteiger partial charge in [0.1, 0.15) is 0 Å². The van der Waals surface area contributed by atoms with Crippen molar-refractivity contribution in [3.8, 4) is 0 Å². The summed E-state index contributed by atoms with van der Waals surface area (Å²) in [5.74, 6) is 7.52. The van der Waals surface area contributed by atoms with Crippen molar-refractivity contribution < 1.29 is 0 Å². The van der Waals surface area contributed by atoms with Gasteiger partial charge in [0.15, 0.2) is 0 Å². The maximum Gasteiger partial charge on any atom is -0.0347 e. The van der Waals surface area contributed by atoms with Crippen LogP contribution in [0.5, 0.6) is 0 Å². The minimum Gasteiger partial charge on any atom is -0.0602 e. The summed E-state index contributed by atoms with van der Waals surface area (Å²) in [4.78, 5) is 0. The Morgan fingerprint density at radius 3 is 1.24 bits per heavy atom. The van der Waals surface area contributed by atoms with Gasteiger partial charge in [-0.05, 0) is 66.1 Å². The van der Waals surface area contributed by atoms with Crippen LogP contribution in [0.15, 0.2) is 0 Å². The molecule has 2 atom stereocenters. The number of rotatable bonds is 4. The quantitative estimate of drug-likeness (QED) is 0.440. The van der Waals surface area contributed by atoms with Gasteiger partial charge >= 0.3 is 0 Å². The summed E-state index contributed by atoms with van der Waals surface area (Å²) in [5, 5.41) is 0. The monoisotopic (exact) mass is 400 g/mol. The number of hydrogen-bond donors (Lipinski definition) is 0. The standard InChI is InChI=1S/C29H52/c1-29(2,3)21-28-26(23-15-9-5-10-16-23)19-25(22-13-7-4-8-14-22)20-27(28)24-17-11-6-12-18-24/h22-28H,4-21H2,1-3H3. The van der Waals surface area contributed by atoms with Gasteiger partial charge in [-0.3, -0.25) is 0 Å². The largest absolute Gasteiger partial charge is 0.0602 e. The van der Waals surface area contributed by atoms with Crippen molar-refractivity contribution in [3.63, 3.8) is 0 Å². The maximum atomic E-state index is 2.54. The Morgan fingerprint density at radius 1 is 0.483 bits per heavy atom. The molecule has 0 bridgehead atoms. The third-order valence-corrected chi connectivity index (χ3v) is 9.92. The zero-order valence-electron chi connectivity index (χ0n) is 20.3. The van der Waals surface area contributed by atoms with Crippen molar-refractivity contribution in [2.75, 3.05) is 0 Å². The molecule has 0 N–H and O–H groups in total. The van der Waals surface area contributed by atoms with Gasteiger partial charge in [-0.1, -0.05) is 117 Å². The zero-order valence-corrected chi connectivity index (χ0v) is 20.3. The fraction of sp³-hybridized carbons (Fsp3) is 1.00. The molecule has 0 amide bonds. The highest BCUT2D eigenvalue weighted by Gasteiger charge is 2.46. The number of hydrogen-bond acceptors (Lipinski definition) is 0. The highest BCUT2D eigenvalue weighted by Crippen LogP contribution is 2.55. The average molecular weight is 401 g/mol. The molecule has 4 aliphatic rings. The summed E-state index contributed by atoms with van der Waals surface area (Å²) in [5.41, 5.74) is 0.502. The van der Waals surface area contributed by atoms with Crippen LogP contribution in [-0.4, -0.2) is 0 Å². The third kappa shape index (κ3) is 5.83. The minimum absolute atomic E-state index is 0.502. The van der Waals surface area contributed by atoms with E-state index in [4.69, 9.17) is 0 Å². The first kappa shape index (κ1) is 22.2. The van der Waals surface area contributed by atoms with Crippen LogP contribution in [0.2, 0.25) is 0 Å². The molecule has 0 saturated heterocycles. The molecule has 0 aromatic carbocycles. The van der Waals surface area contributed by atoms with Crippen LogP contribution in [-0.2, 0) is 0 Å². The molecule has 0 nitrogen and oxygen atoms in total. The van der Waals surface area contributed by atoms with Crippen molar-refractivity contribution in [3.05, 3.63) is 0 Å². The molecular weight excluding hydrogens is 348 g/mol. The lowest BCUT2D eigenvalue weighted by Gasteiger charge is -2.52. The second-order valence-electron chi connectivity index (χ2n) is 13.2. The van der Waals surface area contributed by atoms with E-state index in [-0.39, 0.29) is 0 Å². The Kier molecular flexibility index (Phi) is 7.72. The van der Waals surface area contributed by atoms with Gasteiger partial charge < -0.3 is 0 Å². The molecular formula is C29H52. The van der Waals surface area contributed by atoms with Crippen LogP contribution >= 0.6 is 0 Å². The molecule has 29 heavy (non-hydrogen) atoms. The molecule has 4 rings (SSSR count). The van der Waals surface area contributed by atoms with Gasteiger partial charge in [-0.2, -0.15) is 0 Å². The van der Waals surface area contributed by atoms with Gasteiger partial charge in [0.05, 0.1) is 0 Å². The van der Waals surface area contributed by atoms with E-state index < -0.39 is 0 Å². The molecule has 2 unspecified atom stereocenters. The first-order valence-electron chi connectivity index (χ1n) is 14.0. The van der Waals surface area contributed by atoms with Crippen molar-refractivity contribution in [1.29, 1.82) is 0 Å². The molecule has 0 aromatic heterocycles. The Morgan fingerprint density at radius 2 is 0.862 bits per heavy atom. The third-order valence-electron chi connectivity index (χ3n) is 9.92. The highest BCUT2D eigenvalue weighted by molar-refractivity contribution is 4.96. The topological polar surface area (TPSA) is 0 Å². The SMILES string of the molecule is CC(C)(C)CC1C(C2CCCCC2)CC(C2CCCCC2)CC1C1CCCCC1. The van der Waals surface area contributed by atoms with Gasteiger partial charge in [0, 0.05) is 0 Å². The van der Waals surface area contributed by atoms with E-state index in [1.54, 1.807) is 51.4 Å². The van der Waals surface area contributed by atoms with E-state index in [0.717, 1.165) is 41.4 Å². The molecule has 168 valence electrons. The molecule has 4 saturated carbocycles. The van der Waals surface area contributed by atoms with E-state index in [9.17, 15) is 0 Å². The summed E-state index contributed by atoms with van der Waals surface area (Å²) in [6.45, 7) is 7.61.